The number of hydrogen-bond donors (Lipinski definition) is 1. The third-order valence-electron chi connectivity index (χ3n) is 3.74. The Hall–Kier alpha value is -1.81. The molecule has 1 aliphatic heterocycles. The van der Waals surface area contributed by atoms with E-state index in [2.05, 4.69) is 29.6 Å². The van der Waals surface area contributed by atoms with Crippen molar-refractivity contribution in [1.29, 1.82) is 0 Å². The van der Waals surface area contributed by atoms with Crippen LogP contribution in [0.5, 0.6) is 0 Å². The molecule has 0 unspecified atom stereocenters. The van der Waals surface area contributed by atoms with Crippen molar-refractivity contribution in [2.45, 2.75) is 18.9 Å². The fourth-order valence-electron chi connectivity index (χ4n) is 2.63. The van der Waals surface area contributed by atoms with Crippen molar-refractivity contribution >= 4 is 17.4 Å². The van der Waals surface area contributed by atoms with Gasteiger partial charge in [-0.25, -0.2) is 4.79 Å². The third kappa shape index (κ3) is 3.02. The molecule has 0 spiro atoms. The topological polar surface area (TPSA) is 32.3 Å². The average molecular weight is 286 g/mol. The van der Waals surface area contributed by atoms with Gasteiger partial charge in [-0.3, -0.25) is 0 Å². The highest BCUT2D eigenvalue weighted by Gasteiger charge is 2.26. The summed E-state index contributed by atoms with van der Waals surface area (Å²) < 4.78 is 0. The van der Waals surface area contributed by atoms with E-state index in [9.17, 15) is 4.79 Å². The molecule has 0 radical (unpaired) electrons. The molecule has 0 saturated carbocycles. The van der Waals surface area contributed by atoms with Gasteiger partial charge >= 0.3 is 6.03 Å². The molecule has 2 aromatic rings. The highest BCUT2D eigenvalue weighted by atomic mass is 32.1. The number of thiophene rings is 1. The van der Waals surface area contributed by atoms with Crippen molar-refractivity contribution in [1.82, 2.24) is 10.2 Å². The maximum atomic E-state index is 12.1. The lowest BCUT2D eigenvalue weighted by Gasteiger charge is -2.17. The highest BCUT2D eigenvalue weighted by Crippen LogP contribution is 2.26. The quantitative estimate of drug-likeness (QED) is 0.921. The van der Waals surface area contributed by atoms with Crippen LogP contribution in [0.2, 0.25) is 0 Å². The minimum atomic E-state index is 0.0526. The van der Waals surface area contributed by atoms with Gasteiger partial charge in [0.2, 0.25) is 0 Å². The number of benzene rings is 1. The van der Waals surface area contributed by atoms with Gasteiger partial charge in [-0.05, 0) is 23.4 Å². The standard InChI is InChI=1S/C16H18N2OS/c19-16(17-11-15-7-4-10-20-15)18-9-8-14(12-18)13-5-2-1-3-6-13/h1-7,10,14H,8-9,11-12H2,(H,17,19)/t14-/m1/s1. The fourth-order valence-corrected chi connectivity index (χ4v) is 3.27. The molecule has 104 valence electrons. The molecule has 1 aromatic heterocycles. The summed E-state index contributed by atoms with van der Waals surface area (Å²) in [5.74, 6) is 0.476. The highest BCUT2D eigenvalue weighted by molar-refractivity contribution is 7.09. The number of rotatable bonds is 3. The van der Waals surface area contributed by atoms with Crippen LogP contribution in [0.15, 0.2) is 47.8 Å². The molecule has 1 aromatic carbocycles. The Morgan fingerprint density at radius 1 is 1.25 bits per heavy atom. The van der Waals surface area contributed by atoms with Gasteiger partial charge in [-0.2, -0.15) is 0 Å². The number of nitrogens with one attached hydrogen (secondary N) is 1. The molecule has 0 aliphatic carbocycles. The smallest absolute Gasteiger partial charge is 0.317 e. The summed E-state index contributed by atoms with van der Waals surface area (Å²) in [7, 11) is 0. The van der Waals surface area contributed by atoms with Gasteiger partial charge in [0, 0.05) is 23.9 Å². The number of carbonyl (C=O) groups excluding carboxylic acids is 1. The van der Waals surface area contributed by atoms with Gasteiger partial charge in [0.1, 0.15) is 0 Å². The van der Waals surface area contributed by atoms with E-state index in [1.54, 1.807) is 11.3 Å². The lowest BCUT2D eigenvalue weighted by molar-refractivity contribution is 0.208. The minimum Gasteiger partial charge on any atom is -0.333 e. The lowest BCUT2D eigenvalue weighted by Crippen LogP contribution is -2.37. The van der Waals surface area contributed by atoms with Crippen LogP contribution in [0.4, 0.5) is 4.79 Å². The van der Waals surface area contributed by atoms with Crippen molar-refractivity contribution < 1.29 is 4.79 Å². The zero-order valence-electron chi connectivity index (χ0n) is 11.3. The Bertz CT molecular complexity index is 553. The molecule has 4 heteroatoms. The first-order chi connectivity index (χ1) is 9.83. The van der Waals surface area contributed by atoms with Crippen LogP contribution in [0.1, 0.15) is 22.8 Å². The zero-order valence-corrected chi connectivity index (χ0v) is 12.1. The van der Waals surface area contributed by atoms with E-state index in [4.69, 9.17) is 0 Å². The summed E-state index contributed by atoms with van der Waals surface area (Å²) in [6, 6.07) is 14.6. The lowest BCUT2D eigenvalue weighted by atomic mass is 9.99. The van der Waals surface area contributed by atoms with E-state index >= 15 is 0 Å². The number of urea groups is 1. The molecule has 20 heavy (non-hydrogen) atoms. The van der Waals surface area contributed by atoms with E-state index in [1.165, 1.54) is 10.4 Å². The molecule has 1 saturated heterocycles. The van der Waals surface area contributed by atoms with Crippen molar-refractivity contribution in [3.8, 4) is 0 Å². The number of hydrogen-bond acceptors (Lipinski definition) is 2. The molecular formula is C16H18N2OS. The monoisotopic (exact) mass is 286 g/mol. The van der Waals surface area contributed by atoms with Crippen LogP contribution in [0, 0.1) is 0 Å². The number of likely N-dealkylation sites (tertiary alicyclic amines) is 1. The molecular weight excluding hydrogens is 268 g/mol. The summed E-state index contributed by atoms with van der Waals surface area (Å²) in [6.07, 6.45) is 1.05. The van der Waals surface area contributed by atoms with Crippen LogP contribution in [0.25, 0.3) is 0 Å². The first-order valence-corrected chi connectivity index (χ1v) is 7.81. The molecule has 1 aliphatic rings. The average Bonchev–Trinajstić information content (AvgIpc) is 3.17. The third-order valence-corrected chi connectivity index (χ3v) is 4.62. The van der Waals surface area contributed by atoms with E-state index < -0.39 is 0 Å². The Morgan fingerprint density at radius 3 is 2.85 bits per heavy atom. The van der Waals surface area contributed by atoms with Crippen molar-refractivity contribution in [3.05, 3.63) is 58.3 Å². The summed E-state index contributed by atoms with van der Waals surface area (Å²) >= 11 is 1.67. The molecule has 1 N–H and O–H groups in total. The predicted molar refractivity (Wildman–Crippen MR) is 81.9 cm³/mol. The molecule has 3 nitrogen and oxygen atoms in total. The van der Waals surface area contributed by atoms with E-state index in [0.29, 0.717) is 12.5 Å². The maximum absolute atomic E-state index is 12.1. The second-order valence-electron chi connectivity index (χ2n) is 5.08. The minimum absolute atomic E-state index is 0.0526. The van der Waals surface area contributed by atoms with E-state index in [1.807, 2.05) is 28.5 Å². The van der Waals surface area contributed by atoms with Crippen LogP contribution < -0.4 is 5.32 Å². The Labute approximate surface area is 123 Å². The van der Waals surface area contributed by atoms with Gasteiger partial charge in [0.15, 0.2) is 0 Å². The second-order valence-corrected chi connectivity index (χ2v) is 6.11. The van der Waals surface area contributed by atoms with Crippen LogP contribution in [-0.4, -0.2) is 24.0 Å². The Balaban J connectivity index is 1.53. The van der Waals surface area contributed by atoms with E-state index in [-0.39, 0.29) is 6.03 Å². The van der Waals surface area contributed by atoms with Crippen molar-refractivity contribution in [2.75, 3.05) is 13.1 Å². The van der Waals surface area contributed by atoms with Crippen LogP contribution in [-0.2, 0) is 6.54 Å². The maximum Gasteiger partial charge on any atom is 0.317 e. The summed E-state index contributed by atoms with van der Waals surface area (Å²) in [5, 5.41) is 5.03. The zero-order chi connectivity index (χ0) is 13.8. The number of nitrogens with zero attached hydrogens (tertiary/aromatic N) is 1. The van der Waals surface area contributed by atoms with E-state index in [0.717, 1.165) is 19.5 Å². The summed E-state index contributed by atoms with van der Waals surface area (Å²) in [4.78, 5) is 15.3. The second kappa shape index (κ2) is 6.09. The van der Waals surface area contributed by atoms with Crippen molar-refractivity contribution in [2.24, 2.45) is 0 Å². The van der Waals surface area contributed by atoms with Crippen LogP contribution >= 0.6 is 11.3 Å². The summed E-state index contributed by atoms with van der Waals surface area (Å²) in [5.41, 5.74) is 1.33. The predicted octanol–water partition coefficient (Wildman–Crippen LogP) is 3.45. The Kier molecular flexibility index (Phi) is 4.02. The molecule has 1 atom stereocenters. The first kappa shape index (κ1) is 13.2. The van der Waals surface area contributed by atoms with Gasteiger partial charge in [-0.15, -0.1) is 11.3 Å². The van der Waals surface area contributed by atoms with Gasteiger partial charge in [0.05, 0.1) is 6.54 Å². The number of amides is 2. The van der Waals surface area contributed by atoms with Crippen molar-refractivity contribution in [3.63, 3.8) is 0 Å². The molecule has 1 fully saturated rings. The van der Waals surface area contributed by atoms with Gasteiger partial charge in [-0.1, -0.05) is 36.4 Å². The molecule has 3 rings (SSSR count). The fraction of sp³-hybridized carbons (Fsp3) is 0.312. The molecule has 2 amide bonds. The normalized spacial score (nSPS) is 18.2. The molecule has 2 heterocycles. The number of carbonyl (C=O) groups is 1. The first-order valence-electron chi connectivity index (χ1n) is 6.93. The molecule has 0 bridgehead atoms. The van der Waals surface area contributed by atoms with Crippen LogP contribution in [0.3, 0.4) is 0 Å². The van der Waals surface area contributed by atoms with Gasteiger partial charge < -0.3 is 10.2 Å². The SMILES string of the molecule is O=C(NCc1cccs1)N1CC[C@@H](c2ccccc2)C1. The largest absolute Gasteiger partial charge is 0.333 e. The summed E-state index contributed by atoms with van der Waals surface area (Å²) in [6.45, 7) is 2.29. The Morgan fingerprint density at radius 2 is 2.10 bits per heavy atom. The van der Waals surface area contributed by atoms with Gasteiger partial charge in [0.25, 0.3) is 0 Å².